The van der Waals surface area contributed by atoms with E-state index in [0.29, 0.717) is 5.92 Å². The van der Waals surface area contributed by atoms with E-state index < -0.39 is 0 Å². The van der Waals surface area contributed by atoms with Crippen LogP contribution in [0.2, 0.25) is 0 Å². The Morgan fingerprint density at radius 2 is 2.40 bits per heavy atom. The summed E-state index contributed by atoms with van der Waals surface area (Å²) in [7, 11) is 1.92. The largest absolute Gasteiger partial charge is 0.355 e. The molecule has 1 N–H and O–H groups in total. The van der Waals surface area contributed by atoms with Gasteiger partial charge in [-0.15, -0.1) is 0 Å². The van der Waals surface area contributed by atoms with Crippen LogP contribution in [0.25, 0.3) is 0 Å². The van der Waals surface area contributed by atoms with Crippen molar-refractivity contribution >= 4 is 5.91 Å². The van der Waals surface area contributed by atoms with Gasteiger partial charge >= 0.3 is 0 Å². The van der Waals surface area contributed by atoms with Crippen molar-refractivity contribution in [3.8, 4) is 0 Å². The van der Waals surface area contributed by atoms with Gasteiger partial charge in [-0.25, -0.2) is 0 Å². The summed E-state index contributed by atoms with van der Waals surface area (Å²) in [5, 5.41) is 7.41. The quantitative estimate of drug-likeness (QED) is 0.737. The summed E-state index contributed by atoms with van der Waals surface area (Å²) in [6.45, 7) is 0.760. The van der Waals surface area contributed by atoms with E-state index in [4.69, 9.17) is 0 Å². The van der Waals surface area contributed by atoms with E-state index in [0.717, 1.165) is 25.1 Å². The van der Waals surface area contributed by atoms with E-state index >= 15 is 0 Å². The number of carbonyl (C=O) groups excluding carboxylic acids is 1. The van der Waals surface area contributed by atoms with Crippen LogP contribution in [0.15, 0.2) is 12.3 Å². The Bertz CT molecular complexity index is 406. The van der Waals surface area contributed by atoms with Crippen molar-refractivity contribution in [2.24, 2.45) is 12.5 Å². The minimum absolute atomic E-state index is 0.117. The molecule has 0 aromatic carbocycles. The molecule has 0 bridgehead atoms. The zero-order chi connectivity index (χ0) is 10.5. The lowest BCUT2D eigenvalue weighted by Gasteiger charge is -2.39. The van der Waals surface area contributed by atoms with Crippen LogP contribution >= 0.6 is 0 Å². The average molecular weight is 205 g/mol. The SMILES string of the molecule is Cn1ccc(C2CNC(=O)C23CCC3)n1. The van der Waals surface area contributed by atoms with Crippen LogP contribution in [0.4, 0.5) is 0 Å². The summed E-state index contributed by atoms with van der Waals surface area (Å²) >= 11 is 0. The maximum Gasteiger partial charge on any atom is 0.226 e. The molecule has 15 heavy (non-hydrogen) atoms. The number of hydrogen-bond donors (Lipinski definition) is 1. The van der Waals surface area contributed by atoms with Gasteiger partial charge < -0.3 is 5.32 Å². The van der Waals surface area contributed by atoms with Crippen molar-refractivity contribution in [1.29, 1.82) is 0 Å². The third kappa shape index (κ3) is 1.07. The molecule has 4 nitrogen and oxygen atoms in total. The number of hydrogen-bond acceptors (Lipinski definition) is 2. The lowest BCUT2D eigenvalue weighted by atomic mass is 9.61. The van der Waals surface area contributed by atoms with Gasteiger partial charge in [-0.3, -0.25) is 9.48 Å². The van der Waals surface area contributed by atoms with E-state index in [1.54, 1.807) is 0 Å². The van der Waals surface area contributed by atoms with Crippen molar-refractivity contribution < 1.29 is 4.79 Å². The molecular formula is C11H15N3O. The summed E-state index contributed by atoms with van der Waals surface area (Å²) in [5.74, 6) is 0.532. The molecule has 1 aromatic rings. The topological polar surface area (TPSA) is 46.9 Å². The summed E-state index contributed by atoms with van der Waals surface area (Å²) in [4.78, 5) is 11.8. The van der Waals surface area contributed by atoms with Gasteiger partial charge in [-0.1, -0.05) is 6.42 Å². The van der Waals surface area contributed by atoms with Crippen LogP contribution in [-0.2, 0) is 11.8 Å². The number of aryl methyl sites for hydroxylation is 1. The summed E-state index contributed by atoms with van der Waals surface area (Å²) in [6.07, 6.45) is 5.18. The van der Waals surface area contributed by atoms with Gasteiger partial charge in [0.2, 0.25) is 5.91 Å². The lowest BCUT2D eigenvalue weighted by Crippen LogP contribution is -2.40. The third-order valence-corrected chi connectivity index (χ3v) is 3.92. The molecule has 1 saturated heterocycles. The van der Waals surface area contributed by atoms with Crippen LogP contribution in [0, 0.1) is 5.41 Å². The average Bonchev–Trinajstić information content (AvgIpc) is 2.67. The Hall–Kier alpha value is -1.32. The molecule has 2 aliphatic rings. The molecular weight excluding hydrogens is 190 g/mol. The van der Waals surface area contributed by atoms with Crippen molar-refractivity contribution in [2.75, 3.05) is 6.54 Å². The number of carbonyl (C=O) groups is 1. The smallest absolute Gasteiger partial charge is 0.226 e. The van der Waals surface area contributed by atoms with Gasteiger partial charge in [0.25, 0.3) is 0 Å². The highest BCUT2D eigenvalue weighted by molar-refractivity contribution is 5.87. The Balaban J connectivity index is 1.96. The van der Waals surface area contributed by atoms with E-state index in [1.165, 1.54) is 6.42 Å². The number of amides is 1. The summed E-state index contributed by atoms with van der Waals surface area (Å²) < 4.78 is 1.81. The second kappa shape index (κ2) is 2.84. The fraction of sp³-hybridized carbons (Fsp3) is 0.636. The van der Waals surface area contributed by atoms with Crippen molar-refractivity contribution in [1.82, 2.24) is 15.1 Å². The fourth-order valence-electron chi connectivity index (χ4n) is 2.86. The maximum atomic E-state index is 11.8. The van der Waals surface area contributed by atoms with Crippen LogP contribution in [0.5, 0.6) is 0 Å². The zero-order valence-corrected chi connectivity index (χ0v) is 8.86. The molecule has 1 aliphatic heterocycles. The molecule has 2 heterocycles. The Kier molecular flexibility index (Phi) is 1.69. The van der Waals surface area contributed by atoms with Crippen molar-refractivity contribution in [3.63, 3.8) is 0 Å². The molecule has 0 radical (unpaired) electrons. The predicted octanol–water partition coefficient (Wildman–Crippen LogP) is 0.804. The van der Waals surface area contributed by atoms with Gasteiger partial charge in [-0.05, 0) is 18.9 Å². The van der Waals surface area contributed by atoms with Gasteiger partial charge in [0, 0.05) is 25.7 Å². The Morgan fingerprint density at radius 1 is 1.60 bits per heavy atom. The minimum Gasteiger partial charge on any atom is -0.355 e. The third-order valence-electron chi connectivity index (χ3n) is 3.92. The Morgan fingerprint density at radius 3 is 2.93 bits per heavy atom. The van der Waals surface area contributed by atoms with Crippen molar-refractivity contribution in [3.05, 3.63) is 18.0 Å². The number of aromatic nitrogens is 2. The van der Waals surface area contributed by atoms with Gasteiger partial charge in [0.1, 0.15) is 0 Å². The normalized spacial score (nSPS) is 27.8. The second-order valence-electron chi connectivity index (χ2n) is 4.69. The van der Waals surface area contributed by atoms with E-state index in [1.807, 2.05) is 24.0 Å². The number of rotatable bonds is 1. The van der Waals surface area contributed by atoms with E-state index in [2.05, 4.69) is 10.4 Å². The molecule has 1 spiro atoms. The zero-order valence-electron chi connectivity index (χ0n) is 8.86. The van der Waals surface area contributed by atoms with Gasteiger partial charge in [0.15, 0.2) is 0 Å². The molecule has 1 saturated carbocycles. The van der Waals surface area contributed by atoms with E-state index in [-0.39, 0.29) is 11.3 Å². The predicted molar refractivity (Wildman–Crippen MR) is 55.2 cm³/mol. The molecule has 3 rings (SSSR count). The van der Waals surface area contributed by atoms with Gasteiger partial charge in [-0.2, -0.15) is 5.10 Å². The highest BCUT2D eigenvalue weighted by Crippen LogP contribution is 2.53. The lowest BCUT2D eigenvalue weighted by molar-refractivity contribution is -0.132. The van der Waals surface area contributed by atoms with E-state index in [9.17, 15) is 4.79 Å². The first-order chi connectivity index (χ1) is 7.22. The molecule has 1 aliphatic carbocycles. The maximum absolute atomic E-state index is 11.8. The number of nitrogens with one attached hydrogen (secondary N) is 1. The summed E-state index contributed by atoms with van der Waals surface area (Å²) in [6, 6.07) is 2.03. The molecule has 2 fully saturated rings. The molecule has 1 amide bonds. The monoisotopic (exact) mass is 205 g/mol. The molecule has 1 unspecified atom stereocenters. The molecule has 80 valence electrons. The van der Waals surface area contributed by atoms with Crippen LogP contribution < -0.4 is 5.32 Å². The molecule has 1 atom stereocenters. The first kappa shape index (κ1) is 8.95. The van der Waals surface area contributed by atoms with Crippen LogP contribution in [0.1, 0.15) is 30.9 Å². The first-order valence-electron chi connectivity index (χ1n) is 5.50. The van der Waals surface area contributed by atoms with Gasteiger partial charge in [0.05, 0.1) is 11.1 Å². The fourth-order valence-corrected chi connectivity index (χ4v) is 2.86. The molecule has 4 heteroatoms. The Labute approximate surface area is 88.7 Å². The summed E-state index contributed by atoms with van der Waals surface area (Å²) in [5.41, 5.74) is 0.949. The highest BCUT2D eigenvalue weighted by Gasteiger charge is 2.55. The minimum atomic E-state index is -0.117. The van der Waals surface area contributed by atoms with Crippen LogP contribution in [-0.4, -0.2) is 22.2 Å². The number of nitrogens with zero attached hydrogens (tertiary/aromatic N) is 2. The van der Waals surface area contributed by atoms with Crippen LogP contribution in [0.3, 0.4) is 0 Å². The first-order valence-corrected chi connectivity index (χ1v) is 5.50. The molecule has 1 aromatic heterocycles. The second-order valence-corrected chi connectivity index (χ2v) is 4.69. The highest BCUT2D eigenvalue weighted by atomic mass is 16.2. The van der Waals surface area contributed by atoms with Crippen molar-refractivity contribution in [2.45, 2.75) is 25.2 Å². The standard InChI is InChI=1S/C11H15N3O/c1-14-6-3-9(13-14)8-7-12-10(15)11(8)4-2-5-11/h3,6,8H,2,4-5,7H2,1H3,(H,12,15).